The molecular formula is C47H72O18. The second-order valence-corrected chi connectivity index (χ2v) is 22.3. The molecule has 23 atom stereocenters. The highest BCUT2D eigenvalue weighted by atomic mass is 16.8. The van der Waals surface area contributed by atoms with Gasteiger partial charge in [0.05, 0.1) is 31.8 Å². The van der Waals surface area contributed by atoms with Gasteiger partial charge in [-0.1, -0.05) is 53.2 Å². The number of rotatable bonds is 9. The van der Waals surface area contributed by atoms with Crippen LogP contribution in [0, 0.1) is 50.7 Å². The summed E-state index contributed by atoms with van der Waals surface area (Å²) in [7, 11) is 1.07. The number of hydrogen-bond donors (Lipinski definition) is 8. The Morgan fingerprint density at radius 2 is 1.46 bits per heavy atom. The Morgan fingerprint density at radius 3 is 2.14 bits per heavy atom. The van der Waals surface area contributed by atoms with E-state index in [0.29, 0.717) is 31.5 Å². The van der Waals surface area contributed by atoms with Gasteiger partial charge >= 0.3 is 5.97 Å². The molecular weight excluding hydrogens is 852 g/mol. The number of aliphatic hydroxyl groups excluding tert-OH is 8. The van der Waals surface area contributed by atoms with Crippen LogP contribution in [-0.4, -0.2) is 171 Å². The van der Waals surface area contributed by atoms with Gasteiger partial charge in [0.2, 0.25) is 0 Å². The third kappa shape index (κ3) is 7.91. The molecule has 0 aromatic heterocycles. The monoisotopic (exact) mass is 924 g/mol. The predicted octanol–water partition coefficient (Wildman–Crippen LogP) is 0.429. The van der Waals surface area contributed by atoms with Crippen LogP contribution in [0.15, 0.2) is 11.6 Å². The normalized spacial score (nSPS) is 53.1. The average molecular weight is 925 g/mol. The van der Waals surface area contributed by atoms with E-state index in [0.717, 1.165) is 45.5 Å². The molecule has 0 bridgehead atoms. The summed E-state index contributed by atoms with van der Waals surface area (Å²) in [5.74, 6) is -0.543. The van der Waals surface area contributed by atoms with Crippen molar-refractivity contribution >= 4 is 18.0 Å². The molecule has 0 aromatic carbocycles. The third-order valence-electron chi connectivity index (χ3n) is 18.3. The van der Waals surface area contributed by atoms with E-state index < -0.39 is 122 Å². The van der Waals surface area contributed by atoms with E-state index >= 15 is 0 Å². The van der Waals surface area contributed by atoms with Gasteiger partial charge in [-0.05, 0) is 85.4 Å². The van der Waals surface area contributed by atoms with Crippen molar-refractivity contribution in [2.75, 3.05) is 20.3 Å². The number of ether oxygens (including phenoxy) is 7. The summed E-state index contributed by atoms with van der Waals surface area (Å²) in [6.45, 7) is 12.1. The van der Waals surface area contributed by atoms with Crippen molar-refractivity contribution in [1.29, 1.82) is 0 Å². The van der Waals surface area contributed by atoms with Crippen LogP contribution in [0.5, 0.6) is 0 Å². The van der Waals surface area contributed by atoms with E-state index in [-0.39, 0.29) is 39.9 Å². The summed E-state index contributed by atoms with van der Waals surface area (Å²) in [5.41, 5.74) is -0.605. The van der Waals surface area contributed by atoms with Crippen molar-refractivity contribution in [3.05, 3.63) is 11.6 Å². The van der Waals surface area contributed by atoms with Gasteiger partial charge in [0, 0.05) is 17.8 Å². The van der Waals surface area contributed by atoms with Crippen LogP contribution in [0.4, 0.5) is 0 Å². The maximum absolute atomic E-state index is 14.1. The van der Waals surface area contributed by atoms with Gasteiger partial charge in [0.1, 0.15) is 73.1 Å². The number of aliphatic hydroxyl groups is 8. The quantitative estimate of drug-likeness (QED) is 0.0674. The SMILES string of the molecule is COC(=O)[C@H]1O[C@@H](O[C@H]2CC[C@]3(C)[C@H]4CC=C5[C@@H]6CC(C)(C)CC[C@@H]6C(=O)C[C@@]5(C)[C@]4(C)CC[C@H]3[C@]2(C)C=O)[C@H](O[C@@H]2O[C@H](CO)[C@@H](O)[C@H](O)[C@H]2O)[C@@H](O[C@@H]2OC[C@@H](O)[C@H](O)[C@H]2O)[C@@H]1O. The standard InChI is InChI=1S/C47H72O18/c1-43(2)13-10-21-22(16-43)23-8-9-28-44(3)14-12-29(45(4,20-49)27(44)11-15-46(28,5)47(23,6)17-24(21)50)62-42-38(65-41-34(56)32(54)31(53)26(18-48)61-41)36(35(57)37(64-42)39(58)59-7)63-40-33(55)30(52)25(51)19-60-40/h8,20-22,25-38,40-42,48,51-57H,9-19H2,1-7H3/t21-,22+,25+,26+,27+,28+,29-,30-,31+,32-,33+,34+,35-,36-,37-,38+,40-,41-,42+,44-,45-,46+,47+/m0/s1. The fourth-order valence-corrected chi connectivity index (χ4v) is 14.4. The van der Waals surface area contributed by atoms with Crippen LogP contribution in [-0.2, 0) is 47.5 Å². The molecule has 3 saturated heterocycles. The van der Waals surface area contributed by atoms with E-state index in [1.54, 1.807) is 0 Å². The zero-order valence-electron chi connectivity index (χ0n) is 38.6. The Labute approximate surface area is 379 Å². The van der Waals surface area contributed by atoms with Gasteiger partial charge in [-0.15, -0.1) is 0 Å². The van der Waals surface area contributed by atoms with Gasteiger partial charge in [-0.25, -0.2) is 4.79 Å². The van der Waals surface area contributed by atoms with Crippen molar-refractivity contribution in [1.82, 2.24) is 0 Å². The van der Waals surface area contributed by atoms with Crippen LogP contribution >= 0.6 is 0 Å². The molecule has 5 aliphatic carbocycles. The van der Waals surface area contributed by atoms with Crippen LogP contribution in [0.3, 0.4) is 0 Å². The van der Waals surface area contributed by atoms with E-state index in [2.05, 4.69) is 40.7 Å². The largest absolute Gasteiger partial charge is 0.467 e. The minimum Gasteiger partial charge on any atom is -0.467 e. The molecule has 0 unspecified atom stereocenters. The molecule has 7 fully saturated rings. The molecule has 65 heavy (non-hydrogen) atoms. The minimum atomic E-state index is -1.98. The number of methoxy groups -OCH3 is 1. The molecule has 0 amide bonds. The topological polar surface area (TPSA) is 278 Å². The predicted molar refractivity (Wildman–Crippen MR) is 224 cm³/mol. The highest BCUT2D eigenvalue weighted by Crippen LogP contribution is 2.74. The highest BCUT2D eigenvalue weighted by Gasteiger charge is 2.69. The molecule has 8 rings (SSSR count). The van der Waals surface area contributed by atoms with E-state index in [1.165, 1.54) is 5.57 Å². The van der Waals surface area contributed by atoms with Crippen LogP contribution in [0.25, 0.3) is 0 Å². The summed E-state index contributed by atoms with van der Waals surface area (Å²) in [4.78, 5) is 41.2. The molecule has 0 spiro atoms. The number of fused-ring (bicyclic) bond motifs is 7. The number of ketones is 1. The van der Waals surface area contributed by atoms with E-state index in [1.807, 2.05) is 6.92 Å². The zero-order valence-corrected chi connectivity index (χ0v) is 38.6. The molecule has 3 aliphatic heterocycles. The first-order valence-corrected chi connectivity index (χ1v) is 23.5. The Morgan fingerprint density at radius 1 is 0.769 bits per heavy atom. The third-order valence-corrected chi connectivity index (χ3v) is 18.3. The van der Waals surface area contributed by atoms with E-state index in [9.17, 15) is 55.2 Å². The average Bonchev–Trinajstić information content (AvgIpc) is 3.26. The fraction of sp³-hybridized carbons (Fsp3) is 0.894. The lowest BCUT2D eigenvalue weighted by Crippen LogP contribution is -2.68. The number of aldehydes is 1. The first kappa shape index (κ1) is 49.4. The van der Waals surface area contributed by atoms with Crippen molar-refractivity contribution in [3.63, 3.8) is 0 Å². The zero-order chi connectivity index (χ0) is 47.3. The van der Waals surface area contributed by atoms with E-state index in [4.69, 9.17) is 33.2 Å². The van der Waals surface area contributed by atoms with Crippen molar-refractivity contribution < 1.29 is 88.4 Å². The molecule has 0 aromatic rings. The first-order valence-electron chi connectivity index (χ1n) is 23.5. The second-order valence-electron chi connectivity index (χ2n) is 22.3. The molecule has 3 heterocycles. The van der Waals surface area contributed by atoms with Crippen molar-refractivity contribution in [2.45, 2.75) is 191 Å². The molecule has 0 radical (unpaired) electrons. The van der Waals surface area contributed by atoms with Gasteiger partial charge in [0.15, 0.2) is 25.0 Å². The van der Waals surface area contributed by atoms with Crippen LogP contribution in [0.2, 0.25) is 0 Å². The van der Waals surface area contributed by atoms with Crippen molar-refractivity contribution in [2.24, 2.45) is 50.7 Å². The summed E-state index contributed by atoms with van der Waals surface area (Å²) >= 11 is 0. The smallest absolute Gasteiger partial charge is 0.337 e. The lowest BCUT2D eigenvalue weighted by Gasteiger charge is -2.70. The lowest BCUT2D eigenvalue weighted by molar-refractivity contribution is -0.391. The minimum absolute atomic E-state index is 0.0560. The molecule has 18 heteroatoms. The molecule has 368 valence electrons. The Kier molecular flexibility index (Phi) is 13.5. The summed E-state index contributed by atoms with van der Waals surface area (Å²) in [5, 5.41) is 85.6. The number of carbonyl (C=O) groups is 3. The van der Waals surface area contributed by atoms with Gasteiger partial charge in [0.25, 0.3) is 0 Å². The number of Topliss-reactive ketones (excluding diaryl/α,β-unsaturated/α-hetero) is 1. The summed E-state index contributed by atoms with van der Waals surface area (Å²) in [6.07, 6.45) is -15.8. The molecule has 4 saturated carbocycles. The van der Waals surface area contributed by atoms with Gasteiger partial charge in [-0.2, -0.15) is 0 Å². The first-order chi connectivity index (χ1) is 30.5. The highest BCUT2D eigenvalue weighted by molar-refractivity contribution is 5.85. The summed E-state index contributed by atoms with van der Waals surface area (Å²) in [6, 6.07) is 0. The number of carbonyl (C=O) groups excluding carboxylic acids is 3. The Hall–Kier alpha value is -2.01. The van der Waals surface area contributed by atoms with Gasteiger partial charge in [-0.3, -0.25) is 4.79 Å². The second kappa shape index (κ2) is 17.7. The maximum Gasteiger partial charge on any atom is 0.337 e. The summed E-state index contributed by atoms with van der Waals surface area (Å²) < 4.78 is 41.5. The number of esters is 1. The number of hydrogen-bond acceptors (Lipinski definition) is 18. The maximum atomic E-state index is 14.1. The molecule has 18 nitrogen and oxygen atoms in total. The fourth-order valence-electron chi connectivity index (χ4n) is 14.4. The van der Waals surface area contributed by atoms with Crippen LogP contribution in [0.1, 0.15) is 99.3 Å². The van der Waals surface area contributed by atoms with Crippen molar-refractivity contribution in [3.8, 4) is 0 Å². The Bertz CT molecular complexity index is 1830. The van der Waals surface area contributed by atoms with Gasteiger partial charge < -0.3 is 78.8 Å². The Balaban J connectivity index is 1.12. The lowest BCUT2D eigenvalue weighted by atomic mass is 9.34. The van der Waals surface area contributed by atoms with Crippen LogP contribution < -0.4 is 0 Å². The molecule has 8 N–H and O–H groups in total. The number of allylic oxidation sites excluding steroid dienone is 2. The molecule has 8 aliphatic rings.